The van der Waals surface area contributed by atoms with Crippen molar-refractivity contribution in [2.45, 2.75) is 25.2 Å². The molecular weight excluding hydrogens is 362 g/mol. The fourth-order valence-corrected chi connectivity index (χ4v) is 3.86. The Morgan fingerprint density at radius 2 is 1.70 bits per heavy atom. The lowest BCUT2D eigenvalue weighted by molar-refractivity contribution is 0.102. The maximum Gasteiger partial charge on any atom is 0.255 e. The van der Waals surface area contributed by atoms with Gasteiger partial charge in [-0.15, -0.1) is 0 Å². The minimum absolute atomic E-state index is 0.0837. The zero-order valence-corrected chi connectivity index (χ0v) is 17.1. The van der Waals surface area contributed by atoms with Gasteiger partial charge in [0.15, 0.2) is 0 Å². The number of nitrogens with zero attached hydrogens (tertiary/aromatic N) is 1. The standard InChI is InChI=1S/C20H27N3O3S/c1-15-11-16(2)13-18(12-15)22-20(24)17-7-5-8-19(14-17)27(25,26)21-9-6-10-23(3)4/h5,7-8,11-14,21H,6,9-10H2,1-4H3,(H,22,24). The minimum atomic E-state index is -3.65. The van der Waals surface area contributed by atoms with Crippen molar-refractivity contribution in [3.63, 3.8) is 0 Å². The van der Waals surface area contributed by atoms with E-state index in [4.69, 9.17) is 0 Å². The molecule has 0 saturated heterocycles. The minimum Gasteiger partial charge on any atom is -0.322 e. The first kappa shape index (κ1) is 21.1. The Kier molecular flexibility index (Phi) is 7.12. The van der Waals surface area contributed by atoms with E-state index in [9.17, 15) is 13.2 Å². The quantitative estimate of drug-likeness (QED) is 0.681. The van der Waals surface area contributed by atoms with Crippen LogP contribution in [-0.4, -0.2) is 46.4 Å². The number of benzene rings is 2. The lowest BCUT2D eigenvalue weighted by atomic mass is 10.1. The summed E-state index contributed by atoms with van der Waals surface area (Å²) in [4.78, 5) is 14.6. The highest BCUT2D eigenvalue weighted by molar-refractivity contribution is 7.89. The molecule has 2 aromatic carbocycles. The Bertz CT molecular complexity index is 888. The number of anilines is 1. The topological polar surface area (TPSA) is 78.5 Å². The summed E-state index contributed by atoms with van der Waals surface area (Å²) in [5.41, 5.74) is 3.07. The number of carbonyl (C=O) groups excluding carboxylic acids is 1. The molecule has 0 aromatic heterocycles. The van der Waals surface area contributed by atoms with Gasteiger partial charge in [0.2, 0.25) is 10.0 Å². The van der Waals surface area contributed by atoms with Gasteiger partial charge < -0.3 is 10.2 Å². The molecule has 2 rings (SSSR count). The summed E-state index contributed by atoms with van der Waals surface area (Å²) in [5.74, 6) is -0.343. The Morgan fingerprint density at radius 1 is 1.04 bits per heavy atom. The third kappa shape index (κ3) is 6.46. The summed E-state index contributed by atoms with van der Waals surface area (Å²) in [6.07, 6.45) is 0.707. The van der Waals surface area contributed by atoms with Crippen LogP contribution >= 0.6 is 0 Å². The van der Waals surface area contributed by atoms with E-state index < -0.39 is 10.0 Å². The molecule has 0 aliphatic carbocycles. The molecule has 0 aliphatic rings. The van der Waals surface area contributed by atoms with Crippen molar-refractivity contribution in [2.75, 3.05) is 32.5 Å². The maximum absolute atomic E-state index is 12.5. The van der Waals surface area contributed by atoms with E-state index in [2.05, 4.69) is 10.0 Å². The Balaban J connectivity index is 2.10. The van der Waals surface area contributed by atoms with Gasteiger partial charge in [0.25, 0.3) is 5.91 Å². The van der Waals surface area contributed by atoms with E-state index in [0.29, 0.717) is 24.2 Å². The second-order valence-electron chi connectivity index (χ2n) is 6.91. The first-order chi connectivity index (χ1) is 12.7. The highest BCUT2D eigenvalue weighted by atomic mass is 32.2. The number of hydrogen-bond donors (Lipinski definition) is 2. The molecule has 0 aliphatic heterocycles. The number of aryl methyl sites for hydroxylation is 2. The molecule has 2 N–H and O–H groups in total. The van der Waals surface area contributed by atoms with Crippen LogP contribution in [-0.2, 0) is 10.0 Å². The van der Waals surface area contributed by atoms with Crippen LogP contribution in [0.3, 0.4) is 0 Å². The smallest absolute Gasteiger partial charge is 0.255 e. The first-order valence-electron chi connectivity index (χ1n) is 8.81. The van der Waals surface area contributed by atoms with Gasteiger partial charge in [-0.25, -0.2) is 13.1 Å². The van der Waals surface area contributed by atoms with Gasteiger partial charge >= 0.3 is 0 Å². The lowest BCUT2D eigenvalue weighted by Crippen LogP contribution is -2.27. The predicted octanol–water partition coefficient (Wildman–Crippen LogP) is 2.79. The largest absolute Gasteiger partial charge is 0.322 e. The molecule has 0 atom stereocenters. The van der Waals surface area contributed by atoms with Gasteiger partial charge in [-0.2, -0.15) is 0 Å². The van der Waals surface area contributed by atoms with Gasteiger partial charge in [-0.1, -0.05) is 12.1 Å². The number of nitrogens with one attached hydrogen (secondary N) is 2. The molecule has 7 heteroatoms. The van der Waals surface area contributed by atoms with Crippen molar-refractivity contribution in [2.24, 2.45) is 0 Å². The van der Waals surface area contributed by atoms with Gasteiger partial charge in [-0.3, -0.25) is 4.79 Å². The SMILES string of the molecule is Cc1cc(C)cc(NC(=O)c2cccc(S(=O)(=O)NCCCN(C)C)c2)c1. The van der Waals surface area contributed by atoms with Gasteiger partial charge in [0.05, 0.1) is 4.90 Å². The number of rotatable bonds is 8. The molecule has 27 heavy (non-hydrogen) atoms. The number of carbonyl (C=O) groups is 1. The van der Waals surface area contributed by atoms with Crippen LogP contribution < -0.4 is 10.0 Å². The summed E-state index contributed by atoms with van der Waals surface area (Å²) in [6.45, 7) is 5.05. The van der Waals surface area contributed by atoms with Gasteiger partial charge in [0, 0.05) is 17.8 Å². The summed E-state index contributed by atoms with van der Waals surface area (Å²) < 4.78 is 27.5. The molecule has 6 nitrogen and oxygen atoms in total. The fourth-order valence-electron chi connectivity index (χ4n) is 2.74. The molecule has 146 valence electrons. The molecule has 0 fully saturated rings. The number of sulfonamides is 1. The van der Waals surface area contributed by atoms with Crippen LogP contribution in [0.15, 0.2) is 47.4 Å². The van der Waals surface area contributed by atoms with Gasteiger partial charge in [-0.05, 0) is 82.4 Å². The highest BCUT2D eigenvalue weighted by Crippen LogP contribution is 2.17. The van der Waals surface area contributed by atoms with E-state index in [-0.39, 0.29) is 10.8 Å². The molecule has 0 heterocycles. The van der Waals surface area contributed by atoms with Crippen molar-refractivity contribution in [1.82, 2.24) is 9.62 Å². The normalized spacial score (nSPS) is 11.6. The molecule has 2 aromatic rings. The molecule has 1 amide bonds. The van der Waals surface area contributed by atoms with Crippen molar-refractivity contribution in [1.29, 1.82) is 0 Å². The first-order valence-corrected chi connectivity index (χ1v) is 10.3. The molecule has 0 radical (unpaired) electrons. The molecule has 0 saturated carbocycles. The summed E-state index contributed by atoms with van der Waals surface area (Å²) in [5, 5.41) is 2.82. The van der Waals surface area contributed by atoms with E-state index >= 15 is 0 Å². The second-order valence-corrected chi connectivity index (χ2v) is 8.68. The monoisotopic (exact) mass is 389 g/mol. The third-order valence-electron chi connectivity index (χ3n) is 3.96. The van der Waals surface area contributed by atoms with E-state index in [1.807, 2.05) is 51.0 Å². The third-order valence-corrected chi connectivity index (χ3v) is 5.42. The molecule has 0 unspecified atom stereocenters. The van der Waals surface area contributed by atoms with Crippen LogP contribution in [0.5, 0.6) is 0 Å². The molecule has 0 bridgehead atoms. The van der Waals surface area contributed by atoms with Crippen molar-refractivity contribution in [3.05, 3.63) is 59.2 Å². The fraction of sp³-hybridized carbons (Fsp3) is 0.350. The molecule has 0 spiro atoms. The predicted molar refractivity (Wildman–Crippen MR) is 109 cm³/mol. The summed E-state index contributed by atoms with van der Waals surface area (Å²) in [7, 11) is 0.225. The summed E-state index contributed by atoms with van der Waals surface area (Å²) in [6, 6.07) is 11.8. The zero-order valence-electron chi connectivity index (χ0n) is 16.2. The van der Waals surface area contributed by atoms with Crippen molar-refractivity contribution in [3.8, 4) is 0 Å². The average molecular weight is 390 g/mol. The van der Waals surface area contributed by atoms with Crippen LogP contribution in [0.1, 0.15) is 27.9 Å². The van der Waals surface area contributed by atoms with Crippen LogP contribution in [0.25, 0.3) is 0 Å². The zero-order chi connectivity index (χ0) is 20.0. The second kappa shape index (κ2) is 9.12. The Morgan fingerprint density at radius 3 is 2.33 bits per heavy atom. The average Bonchev–Trinajstić information content (AvgIpc) is 2.58. The Labute approximate surface area is 161 Å². The van der Waals surface area contributed by atoms with Crippen molar-refractivity contribution < 1.29 is 13.2 Å². The highest BCUT2D eigenvalue weighted by Gasteiger charge is 2.16. The van der Waals surface area contributed by atoms with Gasteiger partial charge in [0.1, 0.15) is 0 Å². The van der Waals surface area contributed by atoms with Crippen LogP contribution in [0.2, 0.25) is 0 Å². The summed E-state index contributed by atoms with van der Waals surface area (Å²) >= 11 is 0. The van der Waals surface area contributed by atoms with Crippen LogP contribution in [0, 0.1) is 13.8 Å². The van der Waals surface area contributed by atoms with E-state index in [1.165, 1.54) is 12.1 Å². The van der Waals surface area contributed by atoms with E-state index in [1.54, 1.807) is 12.1 Å². The molecular formula is C20H27N3O3S. The van der Waals surface area contributed by atoms with E-state index in [0.717, 1.165) is 17.7 Å². The number of amides is 1. The maximum atomic E-state index is 12.5. The Hall–Kier alpha value is -2.22. The van der Waals surface area contributed by atoms with Crippen LogP contribution in [0.4, 0.5) is 5.69 Å². The lowest BCUT2D eigenvalue weighted by Gasteiger charge is -2.11. The van der Waals surface area contributed by atoms with Crippen molar-refractivity contribution >= 4 is 21.6 Å². The number of hydrogen-bond acceptors (Lipinski definition) is 4.